The van der Waals surface area contributed by atoms with Crippen LogP contribution in [0.2, 0.25) is 5.02 Å². The van der Waals surface area contributed by atoms with E-state index >= 15 is 0 Å². The molecule has 180 valence electrons. The minimum absolute atomic E-state index is 0.0260. The molecule has 3 aromatic rings. The van der Waals surface area contributed by atoms with Gasteiger partial charge in [-0.05, 0) is 46.9 Å². The first-order chi connectivity index (χ1) is 16.8. The van der Waals surface area contributed by atoms with Crippen LogP contribution in [0, 0.1) is 0 Å². The minimum atomic E-state index is -0.914. The first-order valence-electron chi connectivity index (χ1n) is 11.2. The van der Waals surface area contributed by atoms with Gasteiger partial charge in [0, 0.05) is 42.2 Å². The van der Waals surface area contributed by atoms with Gasteiger partial charge >= 0.3 is 12.1 Å². The number of ether oxygens (including phenoxy) is 1. The fraction of sp³-hybridized carbons (Fsp3) is 0.222. The maximum atomic E-state index is 12.7. The molecule has 0 unspecified atom stereocenters. The van der Waals surface area contributed by atoms with Crippen LogP contribution < -0.4 is 5.32 Å². The second-order valence-electron chi connectivity index (χ2n) is 8.40. The van der Waals surface area contributed by atoms with Gasteiger partial charge in [0.15, 0.2) is 0 Å². The number of carbonyl (C=O) groups is 3. The van der Waals surface area contributed by atoms with E-state index in [4.69, 9.17) is 21.4 Å². The number of carboxylic acids is 1. The highest BCUT2D eigenvalue weighted by molar-refractivity contribution is 6.31. The molecule has 0 radical (unpaired) electrons. The summed E-state index contributed by atoms with van der Waals surface area (Å²) in [6.45, 7) is 0.450. The van der Waals surface area contributed by atoms with Crippen molar-refractivity contribution in [1.29, 1.82) is 0 Å². The molecule has 0 aliphatic heterocycles. The second-order valence-corrected chi connectivity index (χ2v) is 8.84. The van der Waals surface area contributed by atoms with Crippen LogP contribution in [-0.4, -0.2) is 48.2 Å². The monoisotopic (exact) mass is 492 g/mol. The summed E-state index contributed by atoms with van der Waals surface area (Å²) >= 11 is 6.18. The molecule has 0 bridgehead atoms. The Hall–Kier alpha value is -3.84. The summed E-state index contributed by atoms with van der Waals surface area (Å²) in [5, 5.41) is 11.7. The van der Waals surface area contributed by atoms with Gasteiger partial charge in [0.2, 0.25) is 0 Å². The van der Waals surface area contributed by atoms with Gasteiger partial charge in [-0.25, -0.2) is 4.79 Å². The molecule has 0 saturated carbocycles. The Morgan fingerprint density at radius 3 is 2.26 bits per heavy atom. The summed E-state index contributed by atoms with van der Waals surface area (Å²) in [4.78, 5) is 37.4. The standard InChI is InChI=1S/C27H25ClN2O5/c1-30(12-6-11-25(31)32)26(33)17-13-18(28)15-19(14-17)29-27(34)35-16-24-22-9-4-2-7-20(22)21-8-3-5-10-23(21)24/h2-5,7-10,13-15,24H,6,11-12,16H2,1H3,(H,29,34)(H,31,32). The van der Waals surface area contributed by atoms with Gasteiger partial charge in [0.05, 0.1) is 0 Å². The number of hydrogen-bond acceptors (Lipinski definition) is 4. The molecule has 0 aromatic heterocycles. The smallest absolute Gasteiger partial charge is 0.411 e. The maximum absolute atomic E-state index is 12.7. The van der Waals surface area contributed by atoms with Gasteiger partial charge in [0.1, 0.15) is 6.61 Å². The third-order valence-electron chi connectivity index (χ3n) is 5.97. The number of nitrogens with zero attached hydrogens (tertiary/aromatic N) is 1. The molecule has 0 saturated heterocycles. The van der Waals surface area contributed by atoms with Crippen LogP contribution in [0.15, 0.2) is 66.7 Å². The van der Waals surface area contributed by atoms with Gasteiger partial charge in [0.25, 0.3) is 5.91 Å². The number of fused-ring (bicyclic) bond motifs is 3. The Morgan fingerprint density at radius 2 is 1.63 bits per heavy atom. The second kappa shape index (κ2) is 10.6. The Labute approximate surface area is 208 Å². The Bertz CT molecular complexity index is 1230. The summed E-state index contributed by atoms with van der Waals surface area (Å²) in [6, 6.07) is 20.7. The zero-order valence-corrected chi connectivity index (χ0v) is 19.9. The number of anilines is 1. The van der Waals surface area contributed by atoms with Crippen molar-refractivity contribution in [3.8, 4) is 11.1 Å². The van der Waals surface area contributed by atoms with Gasteiger partial charge < -0.3 is 14.7 Å². The number of amides is 2. The SMILES string of the molecule is CN(CCCC(=O)O)C(=O)c1cc(Cl)cc(NC(=O)OCC2c3ccccc3-c3ccccc32)c1. The lowest BCUT2D eigenvalue weighted by Gasteiger charge is -2.18. The number of nitrogens with one attached hydrogen (secondary N) is 1. The van der Waals surface area contributed by atoms with E-state index in [2.05, 4.69) is 17.4 Å². The Morgan fingerprint density at radius 1 is 1.00 bits per heavy atom. The highest BCUT2D eigenvalue weighted by Crippen LogP contribution is 2.44. The minimum Gasteiger partial charge on any atom is -0.481 e. The van der Waals surface area contributed by atoms with E-state index in [1.807, 2.05) is 36.4 Å². The first-order valence-corrected chi connectivity index (χ1v) is 11.6. The van der Waals surface area contributed by atoms with Crippen molar-refractivity contribution in [3.63, 3.8) is 0 Å². The molecule has 35 heavy (non-hydrogen) atoms. The van der Waals surface area contributed by atoms with E-state index in [9.17, 15) is 14.4 Å². The number of aliphatic carboxylic acids is 1. The zero-order chi connectivity index (χ0) is 24.9. The number of hydrogen-bond donors (Lipinski definition) is 2. The van der Waals surface area contributed by atoms with Crippen molar-refractivity contribution in [2.45, 2.75) is 18.8 Å². The predicted octanol–water partition coefficient (Wildman–Crippen LogP) is 5.64. The molecular formula is C27H25ClN2O5. The lowest BCUT2D eigenvalue weighted by Crippen LogP contribution is -2.28. The lowest BCUT2D eigenvalue weighted by atomic mass is 9.98. The molecule has 2 N–H and O–H groups in total. The van der Waals surface area contributed by atoms with E-state index in [0.717, 1.165) is 22.3 Å². The first kappa shape index (κ1) is 24.3. The summed E-state index contributed by atoms with van der Waals surface area (Å²) in [5.74, 6) is -1.30. The van der Waals surface area contributed by atoms with Crippen LogP contribution >= 0.6 is 11.6 Å². The number of carbonyl (C=O) groups excluding carboxylic acids is 2. The summed E-state index contributed by atoms with van der Waals surface area (Å²) in [6.07, 6.45) is -0.340. The Kier molecular flexibility index (Phi) is 7.36. The molecule has 1 aliphatic rings. The molecular weight excluding hydrogens is 468 g/mol. The largest absolute Gasteiger partial charge is 0.481 e. The summed E-state index contributed by atoms with van der Waals surface area (Å²) < 4.78 is 5.56. The van der Waals surface area contributed by atoms with Crippen molar-refractivity contribution < 1.29 is 24.2 Å². The number of halogens is 1. The van der Waals surface area contributed by atoms with Crippen LogP contribution in [0.5, 0.6) is 0 Å². The highest BCUT2D eigenvalue weighted by atomic mass is 35.5. The van der Waals surface area contributed by atoms with Gasteiger partial charge in [-0.15, -0.1) is 0 Å². The topological polar surface area (TPSA) is 95.9 Å². The zero-order valence-electron chi connectivity index (χ0n) is 19.2. The van der Waals surface area contributed by atoms with Crippen LogP contribution in [0.4, 0.5) is 10.5 Å². The number of benzene rings is 3. The van der Waals surface area contributed by atoms with Crippen LogP contribution in [-0.2, 0) is 9.53 Å². The lowest BCUT2D eigenvalue weighted by molar-refractivity contribution is -0.137. The molecule has 8 heteroatoms. The molecule has 0 atom stereocenters. The Balaban J connectivity index is 1.40. The van der Waals surface area contributed by atoms with Crippen molar-refractivity contribution in [2.75, 3.05) is 25.5 Å². The van der Waals surface area contributed by atoms with Crippen LogP contribution in [0.1, 0.15) is 40.2 Å². The molecule has 7 nitrogen and oxygen atoms in total. The number of carboxylic acid groups (broad SMARTS) is 1. The van der Waals surface area contributed by atoms with Crippen LogP contribution in [0.3, 0.4) is 0 Å². The molecule has 0 fully saturated rings. The molecule has 3 aromatic carbocycles. The third kappa shape index (κ3) is 5.63. The summed E-state index contributed by atoms with van der Waals surface area (Å²) in [5.41, 5.74) is 5.12. The van der Waals surface area contributed by atoms with Gasteiger partial charge in [-0.1, -0.05) is 60.1 Å². The fourth-order valence-electron chi connectivity index (χ4n) is 4.33. The van der Waals surface area contributed by atoms with E-state index < -0.39 is 12.1 Å². The van der Waals surface area contributed by atoms with Crippen molar-refractivity contribution >= 4 is 35.3 Å². The quantitative estimate of drug-likeness (QED) is 0.424. The third-order valence-corrected chi connectivity index (χ3v) is 6.18. The average Bonchev–Trinajstić information content (AvgIpc) is 3.15. The molecule has 0 spiro atoms. The van der Waals surface area contributed by atoms with Crippen molar-refractivity contribution in [1.82, 2.24) is 4.90 Å². The number of rotatable bonds is 8. The average molecular weight is 493 g/mol. The van der Waals surface area contributed by atoms with Crippen molar-refractivity contribution in [2.24, 2.45) is 0 Å². The maximum Gasteiger partial charge on any atom is 0.411 e. The van der Waals surface area contributed by atoms with E-state index in [0.29, 0.717) is 12.1 Å². The molecule has 4 rings (SSSR count). The molecule has 0 heterocycles. The van der Waals surface area contributed by atoms with E-state index in [1.54, 1.807) is 7.05 Å². The van der Waals surface area contributed by atoms with Gasteiger partial charge in [-0.2, -0.15) is 0 Å². The van der Waals surface area contributed by atoms with Gasteiger partial charge in [-0.3, -0.25) is 14.9 Å². The van der Waals surface area contributed by atoms with E-state index in [-0.39, 0.29) is 42.0 Å². The van der Waals surface area contributed by atoms with Crippen LogP contribution in [0.25, 0.3) is 11.1 Å². The van der Waals surface area contributed by atoms with Crippen molar-refractivity contribution in [3.05, 3.63) is 88.4 Å². The predicted molar refractivity (Wildman–Crippen MR) is 134 cm³/mol. The molecule has 1 aliphatic carbocycles. The highest BCUT2D eigenvalue weighted by Gasteiger charge is 2.29. The van der Waals surface area contributed by atoms with E-state index in [1.165, 1.54) is 23.1 Å². The normalized spacial score (nSPS) is 11.9. The fourth-order valence-corrected chi connectivity index (χ4v) is 4.56. The summed E-state index contributed by atoms with van der Waals surface area (Å²) in [7, 11) is 1.59. The molecule has 2 amide bonds.